The fraction of sp³-hybridized carbons (Fsp3) is 0.375. The van der Waals surface area contributed by atoms with Crippen molar-refractivity contribution in [2.45, 2.75) is 13.8 Å². The molecule has 0 aliphatic carbocycles. The molecule has 0 fully saturated rings. The van der Waals surface area contributed by atoms with Crippen LogP contribution in [0.3, 0.4) is 0 Å². The summed E-state index contributed by atoms with van der Waals surface area (Å²) in [6.45, 7) is 3.83. The van der Waals surface area contributed by atoms with E-state index in [4.69, 9.17) is 5.73 Å². The van der Waals surface area contributed by atoms with Crippen molar-refractivity contribution in [2.24, 2.45) is 7.05 Å². The highest BCUT2D eigenvalue weighted by Gasteiger charge is 2.01. The number of nitrogens with zero attached hydrogens (tertiary/aromatic N) is 1. The first-order valence-corrected chi connectivity index (χ1v) is 3.46. The molecule has 0 spiro atoms. The first kappa shape index (κ1) is 7.85. The first-order chi connectivity index (χ1) is 5.04. The Morgan fingerprint density at radius 1 is 1.45 bits per heavy atom. The maximum absolute atomic E-state index is 11.2. The summed E-state index contributed by atoms with van der Waals surface area (Å²) in [6, 6.07) is 1.71. The molecule has 1 rings (SSSR count). The van der Waals surface area contributed by atoms with Crippen molar-refractivity contribution in [1.82, 2.24) is 4.57 Å². The molecule has 0 aliphatic rings. The minimum atomic E-state index is -0.117. The molecule has 1 aromatic rings. The summed E-state index contributed by atoms with van der Waals surface area (Å²) in [5, 5.41) is 0. The van der Waals surface area contributed by atoms with Gasteiger partial charge in [-0.25, -0.2) is 0 Å². The van der Waals surface area contributed by atoms with Gasteiger partial charge >= 0.3 is 0 Å². The van der Waals surface area contributed by atoms with Gasteiger partial charge in [-0.3, -0.25) is 4.79 Å². The lowest BCUT2D eigenvalue weighted by Gasteiger charge is -2.06. The molecule has 0 unspecified atom stereocenters. The van der Waals surface area contributed by atoms with Crippen LogP contribution in [0.4, 0.5) is 5.69 Å². The normalized spacial score (nSPS) is 10.1. The Kier molecular flexibility index (Phi) is 1.72. The molecule has 0 radical (unpaired) electrons. The number of hydrogen-bond acceptors (Lipinski definition) is 2. The van der Waals surface area contributed by atoms with E-state index >= 15 is 0 Å². The molecule has 3 heteroatoms. The third-order valence-corrected chi connectivity index (χ3v) is 2.00. The number of rotatable bonds is 0. The first-order valence-electron chi connectivity index (χ1n) is 3.46. The quantitative estimate of drug-likeness (QED) is 0.591. The van der Waals surface area contributed by atoms with Crippen molar-refractivity contribution < 1.29 is 0 Å². The lowest BCUT2D eigenvalue weighted by molar-refractivity contribution is 0.812. The molecule has 11 heavy (non-hydrogen) atoms. The number of aryl methyl sites for hydroxylation is 1. The number of aromatic nitrogens is 1. The van der Waals surface area contributed by atoms with Crippen LogP contribution in [-0.2, 0) is 7.05 Å². The predicted molar refractivity (Wildman–Crippen MR) is 45.6 cm³/mol. The van der Waals surface area contributed by atoms with Crippen LogP contribution in [0.1, 0.15) is 11.3 Å². The van der Waals surface area contributed by atoms with Gasteiger partial charge in [0.15, 0.2) is 0 Å². The molecule has 2 N–H and O–H groups in total. The lowest BCUT2D eigenvalue weighted by atomic mass is 10.2. The van der Waals surface area contributed by atoms with Crippen molar-refractivity contribution in [3.8, 4) is 0 Å². The van der Waals surface area contributed by atoms with Crippen LogP contribution in [0.5, 0.6) is 0 Å². The Balaban J connectivity index is 3.59. The third-order valence-electron chi connectivity index (χ3n) is 2.00. The SMILES string of the molecule is Cc1cc(N)c(=O)n(C)c1C. The molecule has 3 nitrogen and oxygen atoms in total. The van der Waals surface area contributed by atoms with Gasteiger partial charge in [0.2, 0.25) is 0 Å². The fourth-order valence-corrected chi connectivity index (χ4v) is 1.01. The van der Waals surface area contributed by atoms with E-state index in [0.717, 1.165) is 11.3 Å². The van der Waals surface area contributed by atoms with E-state index in [0.29, 0.717) is 5.69 Å². The van der Waals surface area contributed by atoms with E-state index in [1.165, 1.54) is 0 Å². The van der Waals surface area contributed by atoms with Gasteiger partial charge in [0.05, 0.1) is 5.69 Å². The predicted octanol–water partition coefficient (Wildman–Crippen LogP) is 0.584. The molecular weight excluding hydrogens is 140 g/mol. The summed E-state index contributed by atoms with van der Waals surface area (Å²) in [4.78, 5) is 11.2. The average Bonchev–Trinajstić information content (AvgIpc) is 1.97. The molecule has 0 bridgehead atoms. The Morgan fingerprint density at radius 2 is 2.00 bits per heavy atom. The largest absolute Gasteiger partial charge is 0.394 e. The van der Waals surface area contributed by atoms with Crippen molar-refractivity contribution in [2.75, 3.05) is 5.73 Å². The van der Waals surface area contributed by atoms with E-state index < -0.39 is 0 Å². The minimum absolute atomic E-state index is 0.117. The van der Waals surface area contributed by atoms with Crippen molar-refractivity contribution in [1.29, 1.82) is 0 Å². The highest BCUT2D eigenvalue weighted by Crippen LogP contribution is 2.05. The Hall–Kier alpha value is -1.25. The highest BCUT2D eigenvalue weighted by atomic mass is 16.1. The van der Waals surface area contributed by atoms with Crippen LogP contribution in [0.25, 0.3) is 0 Å². The maximum Gasteiger partial charge on any atom is 0.273 e. The molecule has 0 amide bonds. The summed E-state index contributed by atoms with van der Waals surface area (Å²) in [5.74, 6) is 0. The minimum Gasteiger partial charge on any atom is -0.394 e. The van der Waals surface area contributed by atoms with E-state index in [2.05, 4.69) is 0 Å². The van der Waals surface area contributed by atoms with Crippen LogP contribution >= 0.6 is 0 Å². The van der Waals surface area contributed by atoms with Crippen LogP contribution in [0, 0.1) is 13.8 Å². The number of pyridine rings is 1. The van der Waals surface area contributed by atoms with E-state index in [1.54, 1.807) is 17.7 Å². The maximum atomic E-state index is 11.2. The summed E-state index contributed by atoms with van der Waals surface area (Å²) in [5.41, 5.74) is 7.66. The molecule has 1 aromatic heterocycles. The number of nitrogen functional groups attached to an aromatic ring is 1. The molecule has 0 saturated heterocycles. The van der Waals surface area contributed by atoms with E-state index in [-0.39, 0.29) is 5.56 Å². The molecule has 1 heterocycles. The number of anilines is 1. The molecule has 0 aromatic carbocycles. The Bertz CT molecular complexity index is 339. The second-order valence-corrected chi connectivity index (χ2v) is 2.73. The van der Waals surface area contributed by atoms with Gasteiger partial charge in [0.25, 0.3) is 5.56 Å². The molecule has 60 valence electrons. The third kappa shape index (κ3) is 1.13. The van der Waals surface area contributed by atoms with Gasteiger partial charge < -0.3 is 10.3 Å². The van der Waals surface area contributed by atoms with Gasteiger partial charge in [-0.1, -0.05) is 0 Å². The highest BCUT2D eigenvalue weighted by molar-refractivity contribution is 5.39. The fourth-order valence-electron chi connectivity index (χ4n) is 1.01. The second-order valence-electron chi connectivity index (χ2n) is 2.73. The lowest BCUT2D eigenvalue weighted by Crippen LogP contribution is -2.22. The van der Waals surface area contributed by atoms with Crippen molar-refractivity contribution >= 4 is 5.69 Å². The summed E-state index contributed by atoms with van der Waals surface area (Å²) in [7, 11) is 1.72. The van der Waals surface area contributed by atoms with Gasteiger partial charge in [-0.15, -0.1) is 0 Å². The standard InChI is InChI=1S/C8H12N2O/c1-5-4-7(9)8(11)10(3)6(5)2/h4H,9H2,1-3H3. The summed E-state index contributed by atoms with van der Waals surface area (Å²) >= 11 is 0. The van der Waals surface area contributed by atoms with Crippen LogP contribution in [-0.4, -0.2) is 4.57 Å². The van der Waals surface area contributed by atoms with Crippen LogP contribution < -0.4 is 11.3 Å². The Labute approximate surface area is 65.5 Å². The smallest absolute Gasteiger partial charge is 0.273 e. The van der Waals surface area contributed by atoms with Crippen LogP contribution in [0.15, 0.2) is 10.9 Å². The summed E-state index contributed by atoms with van der Waals surface area (Å²) in [6.07, 6.45) is 0. The number of nitrogens with two attached hydrogens (primary N) is 1. The summed E-state index contributed by atoms with van der Waals surface area (Å²) < 4.78 is 1.56. The average molecular weight is 152 g/mol. The number of hydrogen-bond donors (Lipinski definition) is 1. The van der Waals surface area contributed by atoms with Gasteiger partial charge in [-0.05, 0) is 25.5 Å². The zero-order valence-electron chi connectivity index (χ0n) is 7.01. The second kappa shape index (κ2) is 2.42. The molecular formula is C8H12N2O. The van der Waals surface area contributed by atoms with Gasteiger partial charge in [0, 0.05) is 12.7 Å². The molecule has 0 atom stereocenters. The Morgan fingerprint density at radius 3 is 2.55 bits per heavy atom. The van der Waals surface area contributed by atoms with Gasteiger partial charge in [-0.2, -0.15) is 0 Å². The topological polar surface area (TPSA) is 48.0 Å². The molecule has 0 saturated carbocycles. The van der Waals surface area contributed by atoms with Gasteiger partial charge in [0.1, 0.15) is 0 Å². The monoisotopic (exact) mass is 152 g/mol. The van der Waals surface area contributed by atoms with Crippen molar-refractivity contribution in [3.63, 3.8) is 0 Å². The van der Waals surface area contributed by atoms with Crippen molar-refractivity contribution in [3.05, 3.63) is 27.7 Å². The molecule has 0 aliphatic heterocycles. The van der Waals surface area contributed by atoms with E-state index in [9.17, 15) is 4.79 Å². The van der Waals surface area contributed by atoms with E-state index in [1.807, 2.05) is 13.8 Å². The zero-order chi connectivity index (χ0) is 8.59. The van der Waals surface area contributed by atoms with Crippen LogP contribution in [0.2, 0.25) is 0 Å². The zero-order valence-corrected chi connectivity index (χ0v) is 7.01.